The lowest BCUT2D eigenvalue weighted by atomic mass is 10.2. The highest BCUT2D eigenvalue weighted by Gasteiger charge is 2.17. The Morgan fingerprint density at radius 2 is 1.75 bits per heavy atom. The second-order valence-electron chi connectivity index (χ2n) is 5.96. The highest BCUT2D eigenvalue weighted by atomic mass is 16.2. The molecule has 0 bridgehead atoms. The van der Waals surface area contributed by atoms with E-state index in [1.54, 1.807) is 25.1 Å². The first-order valence-corrected chi connectivity index (χ1v) is 8.64. The number of carbonyl (C=O) groups excluding carboxylic acids is 3. The van der Waals surface area contributed by atoms with E-state index in [-0.39, 0.29) is 17.2 Å². The molecule has 0 saturated carbocycles. The summed E-state index contributed by atoms with van der Waals surface area (Å²) in [6.07, 6.45) is 0.293. The van der Waals surface area contributed by atoms with Crippen LogP contribution in [0.1, 0.15) is 34.2 Å². The van der Waals surface area contributed by atoms with Gasteiger partial charge in [0.15, 0.2) is 5.69 Å². The summed E-state index contributed by atoms with van der Waals surface area (Å²) in [4.78, 5) is 35.8. The number of anilines is 2. The van der Waals surface area contributed by atoms with E-state index in [0.29, 0.717) is 23.6 Å². The molecule has 28 heavy (non-hydrogen) atoms. The molecule has 4 N–H and O–H groups in total. The molecule has 2 aromatic carbocycles. The lowest BCUT2D eigenvalue weighted by Gasteiger charge is -2.07. The average molecular weight is 377 g/mol. The van der Waals surface area contributed by atoms with Crippen molar-refractivity contribution in [2.24, 2.45) is 5.73 Å². The van der Waals surface area contributed by atoms with E-state index in [2.05, 4.69) is 15.7 Å². The lowest BCUT2D eigenvalue weighted by Crippen LogP contribution is -2.15. The van der Waals surface area contributed by atoms with E-state index >= 15 is 0 Å². The quantitative estimate of drug-likeness (QED) is 0.611. The van der Waals surface area contributed by atoms with Gasteiger partial charge in [-0.15, -0.1) is 0 Å². The number of benzene rings is 2. The minimum atomic E-state index is -0.589. The first-order chi connectivity index (χ1) is 13.5. The number of hydrogen-bond donors (Lipinski definition) is 3. The molecule has 142 valence electrons. The van der Waals surface area contributed by atoms with Crippen molar-refractivity contribution in [1.82, 2.24) is 9.78 Å². The van der Waals surface area contributed by atoms with Crippen molar-refractivity contribution >= 4 is 29.2 Å². The molecule has 8 heteroatoms. The third-order valence-corrected chi connectivity index (χ3v) is 3.94. The fourth-order valence-corrected chi connectivity index (χ4v) is 2.52. The molecule has 3 rings (SSSR count). The van der Waals surface area contributed by atoms with Crippen LogP contribution >= 0.6 is 0 Å². The van der Waals surface area contributed by atoms with Crippen LogP contribution in [0.25, 0.3) is 5.69 Å². The molecule has 1 aromatic heterocycles. The van der Waals surface area contributed by atoms with Gasteiger partial charge in [0, 0.05) is 23.7 Å². The Bertz CT molecular complexity index is 1030. The van der Waals surface area contributed by atoms with Crippen molar-refractivity contribution in [3.05, 3.63) is 71.9 Å². The molecule has 0 spiro atoms. The second kappa shape index (κ2) is 8.17. The molecule has 0 atom stereocenters. The van der Waals surface area contributed by atoms with Crippen molar-refractivity contribution in [2.45, 2.75) is 13.3 Å². The summed E-state index contributed by atoms with van der Waals surface area (Å²) >= 11 is 0. The zero-order valence-electron chi connectivity index (χ0n) is 15.2. The molecule has 3 aromatic rings. The molecular formula is C20H19N5O3. The van der Waals surface area contributed by atoms with E-state index < -0.39 is 11.8 Å². The SMILES string of the molecule is CCC(=O)Nc1cc(C(=O)Nc2cccc(C(N)=O)c2)nn1-c1ccccc1. The fraction of sp³-hybridized carbons (Fsp3) is 0.100. The smallest absolute Gasteiger partial charge is 0.276 e. The number of carbonyl (C=O) groups is 3. The Morgan fingerprint density at radius 3 is 2.43 bits per heavy atom. The first-order valence-electron chi connectivity index (χ1n) is 8.64. The third-order valence-electron chi connectivity index (χ3n) is 3.94. The highest BCUT2D eigenvalue weighted by Crippen LogP contribution is 2.19. The molecule has 0 unspecified atom stereocenters. The number of nitrogens with zero attached hydrogens (tertiary/aromatic N) is 2. The van der Waals surface area contributed by atoms with Gasteiger partial charge in [-0.05, 0) is 30.3 Å². The van der Waals surface area contributed by atoms with Crippen LogP contribution in [-0.2, 0) is 4.79 Å². The topological polar surface area (TPSA) is 119 Å². The first kappa shape index (κ1) is 18.8. The summed E-state index contributed by atoms with van der Waals surface area (Å²) in [6.45, 7) is 1.73. The Morgan fingerprint density at radius 1 is 1.00 bits per heavy atom. The largest absolute Gasteiger partial charge is 0.366 e. The predicted octanol–water partition coefficient (Wildman–Crippen LogP) is 2.57. The van der Waals surface area contributed by atoms with Crippen LogP contribution in [0.3, 0.4) is 0 Å². The maximum absolute atomic E-state index is 12.6. The van der Waals surface area contributed by atoms with E-state index in [1.165, 1.54) is 16.8 Å². The van der Waals surface area contributed by atoms with Gasteiger partial charge in [-0.25, -0.2) is 4.68 Å². The van der Waals surface area contributed by atoms with Gasteiger partial charge >= 0.3 is 0 Å². The molecule has 3 amide bonds. The Balaban J connectivity index is 1.91. The van der Waals surface area contributed by atoms with Crippen LogP contribution in [0.2, 0.25) is 0 Å². The van der Waals surface area contributed by atoms with E-state index in [1.807, 2.05) is 30.3 Å². The summed E-state index contributed by atoms with van der Waals surface area (Å²) in [5, 5.41) is 9.74. The van der Waals surface area contributed by atoms with Crippen molar-refractivity contribution in [2.75, 3.05) is 10.6 Å². The van der Waals surface area contributed by atoms with E-state index in [9.17, 15) is 14.4 Å². The number of para-hydroxylation sites is 1. The molecule has 1 heterocycles. The second-order valence-corrected chi connectivity index (χ2v) is 5.96. The summed E-state index contributed by atoms with van der Waals surface area (Å²) in [5.74, 6) is -0.885. The Kier molecular flexibility index (Phi) is 5.50. The van der Waals surface area contributed by atoms with Crippen LogP contribution in [0, 0.1) is 0 Å². The van der Waals surface area contributed by atoms with Crippen LogP contribution in [-0.4, -0.2) is 27.5 Å². The van der Waals surface area contributed by atoms with Crippen LogP contribution in [0.15, 0.2) is 60.7 Å². The summed E-state index contributed by atoms with van der Waals surface area (Å²) in [7, 11) is 0. The van der Waals surface area contributed by atoms with Gasteiger partial charge in [0.25, 0.3) is 5.91 Å². The molecule has 0 aliphatic heterocycles. The molecule has 0 fully saturated rings. The summed E-state index contributed by atoms with van der Waals surface area (Å²) in [5.41, 5.74) is 6.77. The van der Waals surface area contributed by atoms with E-state index in [0.717, 1.165) is 0 Å². The predicted molar refractivity (Wildman–Crippen MR) is 105 cm³/mol. The van der Waals surface area contributed by atoms with Gasteiger partial charge in [-0.2, -0.15) is 5.10 Å². The number of amides is 3. The number of hydrogen-bond acceptors (Lipinski definition) is 4. The minimum Gasteiger partial charge on any atom is -0.366 e. The zero-order chi connectivity index (χ0) is 20.1. The fourth-order valence-electron chi connectivity index (χ4n) is 2.52. The number of aromatic nitrogens is 2. The maximum atomic E-state index is 12.6. The van der Waals surface area contributed by atoms with Gasteiger partial charge in [0.2, 0.25) is 11.8 Å². The molecule has 0 aliphatic rings. The van der Waals surface area contributed by atoms with Crippen molar-refractivity contribution < 1.29 is 14.4 Å². The molecule has 8 nitrogen and oxygen atoms in total. The van der Waals surface area contributed by atoms with Crippen LogP contribution in [0.5, 0.6) is 0 Å². The average Bonchev–Trinajstić information content (AvgIpc) is 3.12. The van der Waals surface area contributed by atoms with Crippen LogP contribution < -0.4 is 16.4 Å². The van der Waals surface area contributed by atoms with Gasteiger partial charge in [-0.1, -0.05) is 31.2 Å². The molecule has 0 saturated heterocycles. The maximum Gasteiger partial charge on any atom is 0.276 e. The normalized spacial score (nSPS) is 10.3. The van der Waals surface area contributed by atoms with Crippen molar-refractivity contribution in [3.63, 3.8) is 0 Å². The minimum absolute atomic E-state index is 0.111. The van der Waals surface area contributed by atoms with Crippen molar-refractivity contribution in [3.8, 4) is 5.69 Å². The number of rotatable bonds is 6. The number of nitrogens with two attached hydrogens (primary N) is 1. The monoisotopic (exact) mass is 377 g/mol. The van der Waals surface area contributed by atoms with E-state index in [4.69, 9.17) is 5.73 Å². The molecule has 0 radical (unpaired) electrons. The van der Waals surface area contributed by atoms with Gasteiger partial charge < -0.3 is 16.4 Å². The van der Waals surface area contributed by atoms with Gasteiger partial charge in [0.05, 0.1) is 5.69 Å². The Labute approximate surface area is 161 Å². The summed E-state index contributed by atoms with van der Waals surface area (Å²) < 4.78 is 1.49. The van der Waals surface area contributed by atoms with Gasteiger partial charge in [0.1, 0.15) is 5.82 Å². The van der Waals surface area contributed by atoms with Crippen molar-refractivity contribution in [1.29, 1.82) is 0 Å². The number of nitrogens with one attached hydrogen (secondary N) is 2. The highest BCUT2D eigenvalue weighted by molar-refractivity contribution is 6.04. The zero-order valence-corrected chi connectivity index (χ0v) is 15.2. The molecular weight excluding hydrogens is 358 g/mol. The number of primary amides is 1. The molecule has 0 aliphatic carbocycles. The Hall–Kier alpha value is -3.94. The third kappa shape index (κ3) is 4.24. The standard InChI is InChI=1S/C20H19N5O3/c1-2-18(26)23-17-12-16(24-25(17)15-9-4-3-5-10-15)20(28)22-14-8-6-7-13(11-14)19(21)27/h3-12H,2H2,1H3,(H2,21,27)(H,22,28)(H,23,26). The summed E-state index contributed by atoms with van der Waals surface area (Å²) in [6, 6.07) is 16.9. The van der Waals surface area contributed by atoms with Crippen LogP contribution in [0.4, 0.5) is 11.5 Å². The van der Waals surface area contributed by atoms with Gasteiger partial charge in [-0.3, -0.25) is 14.4 Å². The lowest BCUT2D eigenvalue weighted by molar-refractivity contribution is -0.115.